The van der Waals surface area contributed by atoms with Gasteiger partial charge < -0.3 is 4.42 Å². The molecule has 0 bridgehead atoms. The van der Waals surface area contributed by atoms with Crippen LogP contribution in [0.4, 0.5) is 9.52 Å². The van der Waals surface area contributed by atoms with Crippen molar-refractivity contribution in [1.82, 2.24) is 4.98 Å². The highest BCUT2D eigenvalue weighted by atomic mass is 32.1. The van der Waals surface area contributed by atoms with Gasteiger partial charge in [0.2, 0.25) is 5.13 Å². The lowest BCUT2D eigenvalue weighted by Gasteiger charge is -1.95. The standard InChI is InChI=1S/C18H12FN3OS/c19-13-7-5-12(6-8-13)16-10-9-14(23-16)11-20-22-18-21-15-3-1-2-4-17(15)24-18/h1-11H,(H,21,22)/b20-11-. The van der Waals surface area contributed by atoms with Gasteiger partial charge in [0.05, 0.1) is 16.4 Å². The molecule has 0 fully saturated rings. The third-order valence-electron chi connectivity index (χ3n) is 3.40. The average Bonchev–Trinajstić information content (AvgIpc) is 3.22. The molecule has 4 aromatic rings. The first-order valence-electron chi connectivity index (χ1n) is 7.28. The van der Waals surface area contributed by atoms with Crippen LogP contribution in [-0.2, 0) is 0 Å². The third kappa shape index (κ3) is 3.04. The van der Waals surface area contributed by atoms with E-state index in [1.54, 1.807) is 18.3 Å². The molecular weight excluding hydrogens is 325 g/mol. The summed E-state index contributed by atoms with van der Waals surface area (Å²) in [4.78, 5) is 4.43. The zero-order chi connectivity index (χ0) is 16.4. The van der Waals surface area contributed by atoms with Crippen molar-refractivity contribution >= 4 is 32.9 Å². The number of rotatable bonds is 4. The number of benzene rings is 2. The van der Waals surface area contributed by atoms with Crippen molar-refractivity contribution in [2.24, 2.45) is 5.10 Å². The van der Waals surface area contributed by atoms with Gasteiger partial charge in [0.1, 0.15) is 17.3 Å². The van der Waals surface area contributed by atoms with Crippen LogP contribution in [0.25, 0.3) is 21.5 Å². The Labute approximate surface area is 141 Å². The second kappa shape index (κ2) is 6.25. The summed E-state index contributed by atoms with van der Waals surface area (Å²) in [5, 5.41) is 4.87. The number of anilines is 1. The van der Waals surface area contributed by atoms with Crippen molar-refractivity contribution in [3.8, 4) is 11.3 Å². The lowest BCUT2D eigenvalue weighted by Crippen LogP contribution is -1.88. The minimum absolute atomic E-state index is 0.271. The molecule has 4 rings (SSSR count). The highest BCUT2D eigenvalue weighted by Crippen LogP contribution is 2.25. The number of nitrogens with zero attached hydrogens (tertiary/aromatic N) is 2. The van der Waals surface area contributed by atoms with E-state index in [0.717, 1.165) is 20.9 Å². The van der Waals surface area contributed by atoms with E-state index in [1.807, 2.05) is 36.4 Å². The molecule has 0 radical (unpaired) electrons. The van der Waals surface area contributed by atoms with E-state index < -0.39 is 0 Å². The minimum Gasteiger partial charge on any atom is -0.455 e. The second-order valence-electron chi connectivity index (χ2n) is 5.07. The van der Waals surface area contributed by atoms with Crippen molar-refractivity contribution in [1.29, 1.82) is 0 Å². The Hall–Kier alpha value is -2.99. The molecule has 0 atom stereocenters. The van der Waals surface area contributed by atoms with E-state index in [-0.39, 0.29) is 5.82 Å². The molecule has 2 heterocycles. The van der Waals surface area contributed by atoms with E-state index in [1.165, 1.54) is 23.5 Å². The quantitative estimate of drug-likeness (QED) is 0.414. The number of aromatic nitrogens is 1. The number of hydrogen-bond donors (Lipinski definition) is 1. The topological polar surface area (TPSA) is 50.4 Å². The van der Waals surface area contributed by atoms with Crippen LogP contribution in [0.5, 0.6) is 0 Å². The first-order chi connectivity index (χ1) is 11.8. The number of thiazole rings is 1. The molecule has 0 saturated carbocycles. The number of halogens is 1. The van der Waals surface area contributed by atoms with Crippen LogP contribution < -0.4 is 5.43 Å². The Balaban J connectivity index is 1.47. The molecule has 6 heteroatoms. The number of para-hydroxylation sites is 1. The van der Waals surface area contributed by atoms with Gasteiger partial charge in [-0.25, -0.2) is 9.37 Å². The van der Waals surface area contributed by atoms with Gasteiger partial charge in [0.15, 0.2) is 0 Å². The van der Waals surface area contributed by atoms with Gasteiger partial charge in [-0.1, -0.05) is 23.5 Å². The third-order valence-corrected chi connectivity index (χ3v) is 4.34. The van der Waals surface area contributed by atoms with E-state index in [0.29, 0.717) is 11.5 Å². The summed E-state index contributed by atoms with van der Waals surface area (Å²) in [5.74, 6) is 0.992. The van der Waals surface area contributed by atoms with E-state index in [9.17, 15) is 4.39 Å². The lowest BCUT2D eigenvalue weighted by atomic mass is 10.2. The molecule has 24 heavy (non-hydrogen) atoms. The fraction of sp³-hybridized carbons (Fsp3) is 0. The molecule has 4 nitrogen and oxygen atoms in total. The van der Waals surface area contributed by atoms with Crippen molar-refractivity contribution < 1.29 is 8.81 Å². The fourth-order valence-electron chi connectivity index (χ4n) is 2.26. The largest absolute Gasteiger partial charge is 0.455 e. The molecule has 1 N–H and O–H groups in total. The lowest BCUT2D eigenvalue weighted by molar-refractivity contribution is 0.574. The van der Waals surface area contributed by atoms with Gasteiger partial charge in [0, 0.05) is 5.56 Å². The summed E-state index contributed by atoms with van der Waals surface area (Å²) in [7, 11) is 0. The van der Waals surface area contributed by atoms with Gasteiger partial charge in [-0.2, -0.15) is 5.10 Å². The summed E-state index contributed by atoms with van der Waals surface area (Å²) in [6.07, 6.45) is 1.58. The van der Waals surface area contributed by atoms with E-state index >= 15 is 0 Å². The summed E-state index contributed by atoms with van der Waals surface area (Å²) >= 11 is 1.53. The number of hydrazone groups is 1. The van der Waals surface area contributed by atoms with Gasteiger partial charge in [-0.15, -0.1) is 0 Å². The van der Waals surface area contributed by atoms with E-state index in [4.69, 9.17) is 4.42 Å². The molecule has 118 valence electrons. The molecule has 0 aliphatic carbocycles. The first-order valence-corrected chi connectivity index (χ1v) is 8.10. The van der Waals surface area contributed by atoms with Crippen LogP contribution in [0.2, 0.25) is 0 Å². The molecule has 0 aliphatic rings. The molecule has 0 unspecified atom stereocenters. The van der Waals surface area contributed by atoms with Crippen LogP contribution >= 0.6 is 11.3 Å². The molecule has 0 spiro atoms. The molecule has 0 saturated heterocycles. The minimum atomic E-state index is -0.271. The Morgan fingerprint density at radius 2 is 1.88 bits per heavy atom. The Bertz CT molecular complexity index is 971. The van der Waals surface area contributed by atoms with Crippen molar-refractivity contribution in [3.05, 3.63) is 72.2 Å². The van der Waals surface area contributed by atoms with Crippen molar-refractivity contribution in [3.63, 3.8) is 0 Å². The van der Waals surface area contributed by atoms with Crippen LogP contribution in [-0.4, -0.2) is 11.2 Å². The van der Waals surface area contributed by atoms with Crippen molar-refractivity contribution in [2.75, 3.05) is 5.43 Å². The maximum absolute atomic E-state index is 12.9. The number of fused-ring (bicyclic) bond motifs is 1. The smallest absolute Gasteiger partial charge is 0.204 e. The van der Waals surface area contributed by atoms with Gasteiger partial charge in [-0.3, -0.25) is 5.43 Å². The summed E-state index contributed by atoms with van der Waals surface area (Å²) < 4.78 is 19.7. The van der Waals surface area contributed by atoms with Gasteiger partial charge in [0.25, 0.3) is 0 Å². The number of hydrogen-bond acceptors (Lipinski definition) is 5. The Morgan fingerprint density at radius 3 is 2.71 bits per heavy atom. The van der Waals surface area contributed by atoms with Gasteiger partial charge in [-0.05, 0) is 48.5 Å². The van der Waals surface area contributed by atoms with Crippen LogP contribution in [0.3, 0.4) is 0 Å². The van der Waals surface area contributed by atoms with Gasteiger partial charge >= 0.3 is 0 Å². The molecule has 2 aromatic carbocycles. The highest BCUT2D eigenvalue weighted by Gasteiger charge is 2.04. The SMILES string of the molecule is Fc1ccc(-c2ccc(/C=N\Nc3nc4ccccc4s3)o2)cc1. The Kier molecular flexibility index (Phi) is 3.80. The fourth-order valence-corrected chi connectivity index (χ4v) is 3.08. The normalized spacial score (nSPS) is 11.4. The summed E-state index contributed by atoms with van der Waals surface area (Å²) in [6, 6.07) is 17.7. The first kappa shape index (κ1) is 14.6. The predicted octanol–water partition coefficient (Wildman–Crippen LogP) is 5.14. The maximum Gasteiger partial charge on any atom is 0.204 e. The van der Waals surface area contributed by atoms with Crippen molar-refractivity contribution in [2.45, 2.75) is 0 Å². The summed E-state index contributed by atoms with van der Waals surface area (Å²) in [5.41, 5.74) is 4.66. The van der Waals surface area contributed by atoms with Crippen LogP contribution in [0, 0.1) is 5.82 Å². The maximum atomic E-state index is 12.9. The van der Waals surface area contributed by atoms with Crippen LogP contribution in [0.1, 0.15) is 5.76 Å². The molecule has 0 aliphatic heterocycles. The van der Waals surface area contributed by atoms with Crippen LogP contribution in [0.15, 0.2) is 70.2 Å². The number of nitrogens with one attached hydrogen (secondary N) is 1. The molecule has 0 amide bonds. The monoisotopic (exact) mass is 337 g/mol. The number of furan rings is 1. The second-order valence-corrected chi connectivity index (χ2v) is 6.10. The van der Waals surface area contributed by atoms with E-state index in [2.05, 4.69) is 15.5 Å². The predicted molar refractivity (Wildman–Crippen MR) is 94.9 cm³/mol. The average molecular weight is 337 g/mol. The molecule has 2 aromatic heterocycles. The molecular formula is C18H12FN3OS. The zero-order valence-electron chi connectivity index (χ0n) is 12.4. The summed E-state index contributed by atoms with van der Waals surface area (Å²) in [6.45, 7) is 0. The highest BCUT2D eigenvalue weighted by molar-refractivity contribution is 7.22. The Morgan fingerprint density at radius 1 is 1.04 bits per heavy atom. The zero-order valence-corrected chi connectivity index (χ0v) is 13.3.